The Morgan fingerprint density at radius 1 is 1.15 bits per heavy atom. The zero-order chi connectivity index (χ0) is 11.8. The molecule has 2 aromatic heterocycles. The van der Waals surface area contributed by atoms with E-state index in [1.54, 1.807) is 11.3 Å². The van der Waals surface area contributed by atoms with Gasteiger partial charge in [-0.1, -0.05) is 27.0 Å². The monoisotopic (exact) mass is 286 g/mol. The first-order valence-electron chi connectivity index (χ1n) is 5.63. The third-order valence-corrected chi connectivity index (χ3v) is 3.36. The molecule has 0 spiro atoms. The van der Waals surface area contributed by atoms with Crippen molar-refractivity contribution >= 4 is 30.8 Å². The molecule has 0 aliphatic carbocycles. The summed E-state index contributed by atoms with van der Waals surface area (Å²) in [7, 11) is 0. The van der Waals surface area contributed by atoms with Crippen LogP contribution in [0.4, 0.5) is 0 Å². The Bertz CT molecular complexity index is 644. The van der Waals surface area contributed by atoms with Crippen LogP contribution in [0.25, 0.3) is 22.6 Å². The molecule has 0 bridgehead atoms. The van der Waals surface area contributed by atoms with Gasteiger partial charge in [-0.15, -0.1) is 11.3 Å². The fraction of sp³-hybridized carbons (Fsp3) is 0.333. The van der Waals surface area contributed by atoms with Gasteiger partial charge in [0.05, 0.1) is 16.5 Å². The van der Waals surface area contributed by atoms with Gasteiger partial charge in [-0.2, -0.15) is 0 Å². The SMILES string of the molecule is C.C.CC(C)n1c(-c2cscn2)nc2ccccc21.[B]. The molecule has 2 heterocycles. The van der Waals surface area contributed by atoms with Crippen molar-refractivity contribution in [2.45, 2.75) is 34.7 Å². The van der Waals surface area contributed by atoms with E-state index in [4.69, 9.17) is 0 Å². The molecule has 0 atom stereocenters. The summed E-state index contributed by atoms with van der Waals surface area (Å²) in [4.78, 5) is 9.04. The zero-order valence-corrected chi connectivity index (χ0v) is 11.2. The van der Waals surface area contributed by atoms with Crippen molar-refractivity contribution in [2.24, 2.45) is 0 Å². The molecule has 3 rings (SSSR count). The van der Waals surface area contributed by atoms with E-state index in [1.165, 1.54) is 5.52 Å². The number of benzene rings is 1. The lowest BCUT2D eigenvalue weighted by atomic mass is 10.3. The highest BCUT2D eigenvalue weighted by Gasteiger charge is 2.15. The Balaban J connectivity index is 0.00000120. The predicted octanol–water partition coefficient (Wildman–Crippen LogP) is 4.63. The van der Waals surface area contributed by atoms with Crippen LogP contribution in [-0.4, -0.2) is 22.9 Å². The van der Waals surface area contributed by atoms with Crippen LogP contribution in [0.1, 0.15) is 34.7 Å². The number of rotatable bonds is 2. The molecule has 1 aromatic carbocycles. The highest BCUT2D eigenvalue weighted by atomic mass is 32.1. The second-order valence-electron chi connectivity index (χ2n) is 4.26. The Labute approximate surface area is 127 Å². The molecule has 0 aliphatic heterocycles. The lowest BCUT2D eigenvalue weighted by molar-refractivity contribution is 0.623. The highest BCUT2D eigenvalue weighted by Crippen LogP contribution is 2.27. The summed E-state index contributed by atoms with van der Waals surface area (Å²) in [6.07, 6.45) is 0. The van der Waals surface area contributed by atoms with Gasteiger partial charge in [0.2, 0.25) is 0 Å². The molecular formula is C15H21BN3S. The van der Waals surface area contributed by atoms with Crippen LogP contribution in [0.2, 0.25) is 0 Å². The number of hydrogen-bond donors (Lipinski definition) is 0. The predicted molar refractivity (Wildman–Crippen MR) is 90.4 cm³/mol. The molecule has 0 unspecified atom stereocenters. The average Bonchev–Trinajstić information content (AvgIpc) is 2.95. The summed E-state index contributed by atoms with van der Waals surface area (Å²) in [5.74, 6) is 0.961. The Morgan fingerprint density at radius 3 is 2.45 bits per heavy atom. The van der Waals surface area contributed by atoms with Crippen LogP contribution in [0, 0.1) is 0 Å². The smallest absolute Gasteiger partial charge is 0.160 e. The zero-order valence-electron chi connectivity index (χ0n) is 10.4. The van der Waals surface area contributed by atoms with E-state index in [0.717, 1.165) is 17.0 Å². The van der Waals surface area contributed by atoms with Crippen molar-refractivity contribution in [1.29, 1.82) is 0 Å². The van der Waals surface area contributed by atoms with E-state index in [9.17, 15) is 0 Å². The van der Waals surface area contributed by atoms with Crippen LogP contribution in [0.3, 0.4) is 0 Å². The molecule has 0 N–H and O–H groups in total. The molecule has 0 aliphatic rings. The van der Waals surface area contributed by atoms with Crippen molar-refractivity contribution in [3.05, 3.63) is 35.2 Å². The average molecular weight is 286 g/mol. The van der Waals surface area contributed by atoms with Crippen LogP contribution in [0.15, 0.2) is 35.2 Å². The molecule has 3 nitrogen and oxygen atoms in total. The lowest BCUT2D eigenvalue weighted by Crippen LogP contribution is -2.03. The van der Waals surface area contributed by atoms with Crippen molar-refractivity contribution < 1.29 is 0 Å². The molecule has 105 valence electrons. The Morgan fingerprint density at radius 2 is 1.85 bits per heavy atom. The summed E-state index contributed by atoms with van der Waals surface area (Å²) in [5.41, 5.74) is 5.01. The van der Waals surface area contributed by atoms with Gasteiger partial charge >= 0.3 is 0 Å². The first-order chi connectivity index (χ1) is 8.27. The van der Waals surface area contributed by atoms with E-state index in [0.29, 0.717) is 6.04 Å². The summed E-state index contributed by atoms with van der Waals surface area (Å²) in [6.45, 7) is 4.34. The quantitative estimate of drug-likeness (QED) is 0.643. The number of fused-ring (bicyclic) bond motifs is 1. The van der Waals surface area contributed by atoms with Gasteiger partial charge in [0, 0.05) is 19.8 Å². The minimum atomic E-state index is 0. The van der Waals surface area contributed by atoms with Gasteiger partial charge in [-0.3, -0.25) is 0 Å². The molecule has 0 saturated carbocycles. The maximum absolute atomic E-state index is 4.68. The van der Waals surface area contributed by atoms with Crippen molar-refractivity contribution in [1.82, 2.24) is 14.5 Å². The topological polar surface area (TPSA) is 30.7 Å². The fourth-order valence-electron chi connectivity index (χ4n) is 2.07. The van der Waals surface area contributed by atoms with Crippen LogP contribution < -0.4 is 0 Å². The Hall–Kier alpha value is -1.62. The lowest BCUT2D eigenvalue weighted by Gasteiger charge is -2.11. The molecule has 20 heavy (non-hydrogen) atoms. The van der Waals surface area contributed by atoms with Gasteiger partial charge in [-0.25, -0.2) is 9.97 Å². The van der Waals surface area contributed by atoms with Gasteiger partial charge < -0.3 is 4.57 Å². The molecular weight excluding hydrogens is 265 g/mol. The fourth-order valence-corrected chi connectivity index (χ4v) is 2.60. The van der Waals surface area contributed by atoms with E-state index >= 15 is 0 Å². The third-order valence-electron chi connectivity index (χ3n) is 2.77. The van der Waals surface area contributed by atoms with Gasteiger partial charge in [0.15, 0.2) is 5.82 Å². The van der Waals surface area contributed by atoms with Crippen molar-refractivity contribution in [2.75, 3.05) is 0 Å². The van der Waals surface area contributed by atoms with Crippen LogP contribution in [0.5, 0.6) is 0 Å². The first kappa shape index (κ1) is 18.4. The van der Waals surface area contributed by atoms with E-state index in [1.807, 2.05) is 29.1 Å². The van der Waals surface area contributed by atoms with Gasteiger partial charge in [-0.05, 0) is 26.0 Å². The van der Waals surface area contributed by atoms with Crippen molar-refractivity contribution in [3.63, 3.8) is 0 Å². The number of aromatic nitrogens is 3. The number of nitrogens with zero attached hydrogens (tertiary/aromatic N) is 3. The van der Waals surface area contributed by atoms with Gasteiger partial charge in [0.25, 0.3) is 0 Å². The second-order valence-corrected chi connectivity index (χ2v) is 4.98. The third kappa shape index (κ3) is 2.93. The summed E-state index contributed by atoms with van der Waals surface area (Å²) >= 11 is 1.60. The first-order valence-corrected chi connectivity index (χ1v) is 6.57. The van der Waals surface area contributed by atoms with Gasteiger partial charge in [0.1, 0.15) is 5.69 Å². The molecule has 5 heteroatoms. The van der Waals surface area contributed by atoms with Crippen LogP contribution in [-0.2, 0) is 0 Å². The molecule has 0 saturated heterocycles. The normalized spacial score (nSPS) is 9.75. The molecule has 0 fully saturated rings. The van der Waals surface area contributed by atoms with Crippen LogP contribution >= 0.6 is 11.3 Å². The Kier molecular flexibility index (Phi) is 6.66. The number of imidazole rings is 1. The van der Waals surface area contributed by atoms with E-state index in [-0.39, 0.29) is 23.3 Å². The maximum atomic E-state index is 4.68. The minimum Gasteiger partial charge on any atom is -0.320 e. The minimum absolute atomic E-state index is 0. The summed E-state index contributed by atoms with van der Waals surface area (Å²) < 4.78 is 2.24. The maximum Gasteiger partial charge on any atom is 0.160 e. The summed E-state index contributed by atoms with van der Waals surface area (Å²) in [6, 6.07) is 8.60. The largest absolute Gasteiger partial charge is 0.320 e. The standard InChI is InChI=1S/C13H13N3S.2CH4.B/c1-9(2)16-12-6-4-3-5-10(12)15-13(16)11-7-17-8-14-11;;;/h3-9H,1-2H3;2*1H4;. The van der Waals surface area contributed by atoms with E-state index in [2.05, 4.69) is 34.4 Å². The van der Waals surface area contributed by atoms with Crippen molar-refractivity contribution in [3.8, 4) is 11.5 Å². The molecule has 0 amide bonds. The molecule has 3 aromatic rings. The second kappa shape index (κ2) is 7.24. The summed E-state index contributed by atoms with van der Waals surface area (Å²) in [5, 5.41) is 2.04. The number of thiazole rings is 1. The highest BCUT2D eigenvalue weighted by molar-refractivity contribution is 7.07. The molecule has 3 radical (unpaired) electrons. The number of hydrogen-bond acceptors (Lipinski definition) is 3. The van der Waals surface area contributed by atoms with E-state index < -0.39 is 0 Å². The number of para-hydroxylation sites is 2.